The molecule has 1 aliphatic carbocycles. The molecule has 1 amide bonds. The predicted molar refractivity (Wildman–Crippen MR) is 115 cm³/mol. The maximum Gasteiger partial charge on any atom is 0.251 e. The second-order valence-corrected chi connectivity index (χ2v) is 8.27. The monoisotopic (exact) mass is 418 g/mol. The molecule has 1 aliphatic heterocycles. The molecule has 2 aliphatic rings. The van der Waals surface area contributed by atoms with Crippen molar-refractivity contribution < 1.29 is 4.79 Å². The second-order valence-electron chi connectivity index (χ2n) is 8.27. The van der Waals surface area contributed by atoms with E-state index in [0.717, 1.165) is 56.1 Å². The van der Waals surface area contributed by atoms with Crippen LogP contribution in [0.2, 0.25) is 0 Å². The summed E-state index contributed by atoms with van der Waals surface area (Å²) in [5, 5.41) is 14.4. The highest BCUT2D eigenvalue weighted by molar-refractivity contribution is 5.94. The average molecular weight is 419 g/mol. The van der Waals surface area contributed by atoms with Gasteiger partial charge in [-0.3, -0.25) is 4.79 Å². The number of tetrazole rings is 1. The van der Waals surface area contributed by atoms with Crippen molar-refractivity contribution in [2.45, 2.75) is 51.5 Å². The normalized spacial score (nSPS) is 16.7. The van der Waals surface area contributed by atoms with E-state index in [4.69, 9.17) is 4.98 Å². The largest absolute Gasteiger partial charge is 0.356 e. The molecular weight excluding hydrogens is 392 g/mol. The lowest BCUT2D eigenvalue weighted by atomic mass is 9.95. The number of carbonyl (C=O) groups excluding carboxylic acids is 1. The lowest BCUT2D eigenvalue weighted by molar-refractivity contribution is 0.0931. The zero-order chi connectivity index (χ0) is 21.2. The first-order valence-electron chi connectivity index (χ1n) is 10.9. The minimum atomic E-state index is -0.0661. The lowest BCUT2D eigenvalue weighted by Gasteiger charge is -2.35. The Morgan fingerprint density at radius 3 is 2.77 bits per heavy atom. The Morgan fingerprint density at radius 2 is 1.97 bits per heavy atom. The van der Waals surface area contributed by atoms with Crippen molar-refractivity contribution in [2.24, 2.45) is 0 Å². The van der Waals surface area contributed by atoms with Crippen molar-refractivity contribution in [3.05, 3.63) is 53.2 Å². The van der Waals surface area contributed by atoms with Crippen LogP contribution in [0.3, 0.4) is 0 Å². The number of nitrogens with one attached hydrogen (secondary N) is 1. The number of nitrogens with zero attached hydrogens (tertiary/aromatic N) is 7. The standard InChI is InChI=1S/C22H26N8O/c1-15-24-20-8-3-2-7-19(20)21(25-15)29-11-9-17(10-12-29)26-22(31)16-5-4-6-18(13-16)30-14-23-27-28-30/h4-6,13-14,17H,2-3,7-12H2,1H3,(H,26,31). The fourth-order valence-corrected chi connectivity index (χ4v) is 4.53. The third kappa shape index (κ3) is 4.12. The second kappa shape index (κ2) is 8.41. The molecule has 0 unspecified atom stereocenters. The predicted octanol–water partition coefficient (Wildman–Crippen LogP) is 2.04. The van der Waals surface area contributed by atoms with E-state index in [9.17, 15) is 4.79 Å². The van der Waals surface area contributed by atoms with E-state index >= 15 is 0 Å². The summed E-state index contributed by atoms with van der Waals surface area (Å²) in [6.45, 7) is 3.76. The summed E-state index contributed by atoms with van der Waals surface area (Å²) in [5.74, 6) is 1.90. The van der Waals surface area contributed by atoms with Crippen LogP contribution in [-0.4, -0.2) is 55.2 Å². The van der Waals surface area contributed by atoms with Crippen molar-refractivity contribution in [3.8, 4) is 5.69 Å². The van der Waals surface area contributed by atoms with Gasteiger partial charge in [-0.15, -0.1) is 5.10 Å². The number of piperidine rings is 1. The molecule has 0 radical (unpaired) electrons. The number of aryl methyl sites for hydroxylation is 2. The summed E-state index contributed by atoms with van der Waals surface area (Å²) >= 11 is 0. The van der Waals surface area contributed by atoms with Crippen LogP contribution in [0.5, 0.6) is 0 Å². The molecule has 1 fully saturated rings. The fraction of sp³-hybridized carbons (Fsp3) is 0.455. The summed E-state index contributed by atoms with van der Waals surface area (Å²) in [5.41, 5.74) is 3.93. The topological polar surface area (TPSA) is 102 Å². The molecule has 1 aromatic carbocycles. The molecule has 0 atom stereocenters. The van der Waals surface area contributed by atoms with E-state index < -0.39 is 0 Å². The molecule has 1 saturated heterocycles. The highest BCUT2D eigenvalue weighted by Gasteiger charge is 2.26. The molecule has 0 bridgehead atoms. The Morgan fingerprint density at radius 1 is 1.13 bits per heavy atom. The van der Waals surface area contributed by atoms with Crippen LogP contribution >= 0.6 is 0 Å². The maximum absolute atomic E-state index is 12.8. The minimum Gasteiger partial charge on any atom is -0.356 e. The zero-order valence-electron chi connectivity index (χ0n) is 17.7. The van der Waals surface area contributed by atoms with Gasteiger partial charge in [0.15, 0.2) is 0 Å². The van der Waals surface area contributed by atoms with Crippen LogP contribution in [0, 0.1) is 6.92 Å². The van der Waals surface area contributed by atoms with Crippen LogP contribution in [0.1, 0.15) is 53.1 Å². The van der Waals surface area contributed by atoms with E-state index in [1.165, 1.54) is 30.4 Å². The van der Waals surface area contributed by atoms with Gasteiger partial charge >= 0.3 is 0 Å². The molecule has 160 valence electrons. The summed E-state index contributed by atoms with van der Waals surface area (Å²) in [6, 6.07) is 7.48. The molecule has 1 N–H and O–H groups in total. The van der Waals surface area contributed by atoms with Gasteiger partial charge in [-0.05, 0) is 74.1 Å². The van der Waals surface area contributed by atoms with E-state index in [-0.39, 0.29) is 11.9 Å². The van der Waals surface area contributed by atoms with Gasteiger partial charge in [-0.25, -0.2) is 14.6 Å². The quantitative estimate of drug-likeness (QED) is 0.692. The first-order chi connectivity index (χ1) is 15.2. The summed E-state index contributed by atoms with van der Waals surface area (Å²) < 4.78 is 1.54. The molecule has 3 aromatic rings. The Kier molecular flexibility index (Phi) is 5.31. The highest BCUT2D eigenvalue weighted by Crippen LogP contribution is 2.29. The van der Waals surface area contributed by atoms with E-state index in [1.54, 1.807) is 10.7 Å². The van der Waals surface area contributed by atoms with E-state index in [1.807, 2.05) is 25.1 Å². The number of hydrogen-bond donors (Lipinski definition) is 1. The van der Waals surface area contributed by atoms with Crippen LogP contribution in [0.15, 0.2) is 30.6 Å². The van der Waals surface area contributed by atoms with Crippen molar-refractivity contribution in [3.63, 3.8) is 0 Å². The Balaban J connectivity index is 1.23. The number of hydrogen-bond acceptors (Lipinski definition) is 7. The van der Waals surface area contributed by atoms with Gasteiger partial charge in [0.2, 0.25) is 0 Å². The summed E-state index contributed by atoms with van der Waals surface area (Å²) in [6.07, 6.45) is 7.86. The van der Waals surface area contributed by atoms with Gasteiger partial charge < -0.3 is 10.2 Å². The number of aromatic nitrogens is 6. The number of rotatable bonds is 4. The van der Waals surface area contributed by atoms with Crippen LogP contribution in [0.4, 0.5) is 5.82 Å². The molecule has 2 aromatic heterocycles. The highest BCUT2D eigenvalue weighted by atomic mass is 16.1. The van der Waals surface area contributed by atoms with E-state index in [0.29, 0.717) is 5.56 Å². The van der Waals surface area contributed by atoms with Crippen molar-refractivity contribution in [1.29, 1.82) is 0 Å². The number of amides is 1. The lowest BCUT2D eigenvalue weighted by Crippen LogP contribution is -2.45. The molecule has 0 spiro atoms. The minimum absolute atomic E-state index is 0.0661. The van der Waals surface area contributed by atoms with Crippen LogP contribution in [0.25, 0.3) is 5.69 Å². The molecular formula is C22H26N8O. The first-order valence-corrected chi connectivity index (χ1v) is 10.9. The first kappa shape index (κ1) is 19.6. The summed E-state index contributed by atoms with van der Waals surface area (Å²) in [7, 11) is 0. The zero-order valence-corrected chi connectivity index (χ0v) is 17.7. The van der Waals surface area contributed by atoms with Gasteiger partial charge in [0.1, 0.15) is 18.0 Å². The number of carbonyl (C=O) groups is 1. The van der Waals surface area contributed by atoms with Gasteiger partial charge in [0, 0.05) is 36.0 Å². The number of anilines is 1. The smallest absolute Gasteiger partial charge is 0.251 e. The average Bonchev–Trinajstić information content (AvgIpc) is 3.34. The van der Waals surface area contributed by atoms with Crippen molar-refractivity contribution >= 4 is 11.7 Å². The molecule has 9 nitrogen and oxygen atoms in total. The Hall–Kier alpha value is -3.36. The molecule has 9 heteroatoms. The molecule has 0 saturated carbocycles. The number of fused-ring (bicyclic) bond motifs is 1. The van der Waals surface area contributed by atoms with Gasteiger partial charge in [-0.2, -0.15) is 0 Å². The van der Waals surface area contributed by atoms with Crippen LogP contribution in [-0.2, 0) is 12.8 Å². The van der Waals surface area contributed by atoms with Gasteiger partial charge in [0.25, 0.3) is 5.91 Å². The SMILES string of the molecule is Cc1nc2c(c(N3CCC(NC(=O)c4cccc(-n5cnnn5)c4)CC3)n1)CCCC2. The van der Waals surface area contributed by atoms with Crippen LogP contribution < -0.4 is 10.2 Å². The molecule has 5 rings (SSSR count). The van der Waals surface area contributed by atoms with Gasteiger partial charge in [0.05, 0.1) is 5.69 Å². The maximum atomic E-state index is 12.8. The Labute approximate surface area is 180 Å². The fourth-order valence-electron chi connectivity index (χ4n) is 4.53. The van der Waals surface area contributed by atoms with E-state index in [2.05, 4.69) is 30.7 Å². The number of benzene rings is 1. The molecule has 31 heavy (non-hydrogen) atoms. The Bertz CT molecular complexity index is 1070. The molecule has 3 heterocycles. The third-order valence-corrected chi connectivity index (χ3v) is 6.12. The van der Waals surface area contributed by atoms with Crippen molar-refractivity contribution in [2.75, 3.05) is 18.0 Å². The van der Waals surface area contributed by atoms with Crippen molar-refractivity contribution in [1.82, 2.24) is 35.5 Å². The van der Waals surface area contributed by atoms with Gasteiger partial charge in [-0.1, -0.05) is 6.07 Å². The third-order valence-electron chi connectivity index (χ3n) is 6.12. The summed E-state index contributed by atoms with van der Waals surface area (Å²) in [4.78, 5) is 24.7.